The van der Waals surface area contributed by atoms with E-state index in [2.05, 4.69) is 0 Å². The van der Waals surface area contributed by atoms with E-state index in [-0.39, 0.29) is 22.4 Å². The second-order valence-corrected chi connectivity index (χ2v) is 7.14. The summed E-state index contributed by atoms with van der Waals surface area (Å²) in [6.45, 7) is 1.77. The van der Waals surface area contributed by atoms with Gasteiger partial charge in [-0.25, -0.2) is 0 Å². The van der Waals surface area contributed by atoms with Crippen molar-refractivity contribution in [1.82, 2.24) is 0 Å². The van der Waals surface area contributed by atoms with Gasteiger partial charge in [0.2, 0.25) is 0 Å². The van der Waals surface area contributed by atoms with E-state index in [0.29, 0.717) is 0 Å². The van der Waals surface area contributed by atoms with Crippen LogP contribution in [0.2, 0.25) is 0 Å². The molecule has 2 atom stereocenters. The lowest BCUT2D eigenvalue weighted by Gasteiger charge is -2.41. The summed E-state index contributed by atoms with van der Waals surface area (Å²) in [6.07, 6.45) is -4.81. The summed E-state index contributed by atoms with van der Waals surface area (Å²) in [5, 5.41) is 11.8. The first-order valence-electron chi connectivity index (χ1n) is 9.09. The van der Waals surface area contributed by atoms with Gasteiger partial charge >= 0.3 is 6.18 Å². The van der Waals surface area contributed by atoms with Crippen LogP contribution in [0.15, 0.2) is 78.9 Å². The summed E-state index contributed by atoms with van der Waals surface area (Å²) in [5.74, 6) is -3.00. The van der Waals surface area contributed by atoms with E-state index in [9.17, 15) is 23.1 Å². The molecule has 0 radical (unpaired) electrons. The first-order chi connectivity index (χ1) is 13.7. The number of amides is 1. The van der Waals surface area contributed by atoms with E-state index >= 15 is 0 Å². The Kier molecular flexibility index (Phi) is 4.46. The Balaban J connectivity index is 2.03. The van der Waals surface area contributed by atoms with E-state index in [1.165, 1.54) is 48.5 Å². The molecule has 0 fully saturated rings. The van der Waals surface area contributed by atoms with Crippen molar-refractivity contribution in [2.45, 2.75) is 24.7 Å². The number of carbonyl (C=O) groups is 1. The number of rotatable bonds is 3. The lowest BCUT2D eigenvalue weighted by Crippen LogP contribution is -2.52. The zero-order valence-electron chi connectivity index (χ0n) is 15.5. The third-order valence-corrected chi connectivity index (χ3v) is 5.22. The van der Waals surface area contributed by atoms with Gasteiger partial charge in [-0.1, -0.05) is 60.7 Å². The van der Waals surface area contributed by atoms with Crippen molar-refractivity contribution < 1.29 is 23.1 Å². The van der Waals surface area contributed by atoms with Crippen LogP contribution in [0.5, 0.6) is 0 Å². The number of anilines is 1. The molecule has 0 aromatic heterocycles. The maximum absolute atomic E-state index is 14.4. The molecule has 2 unspecified atom stereocenters. The van der Waals surface area contributed by atoms with Crippen LogP contribution in [0.25, 0.3) is 0 Å². The molecular weight excluding hydrogens is 379 g/mol. The fraction of sp³-hybridized carbons (Fsp3) is 0.174. The maximum Gasteiger partial charge on any atom is 0.400 e. The third kappa shape index (κ3) is 3.00. The summed E-state index contributed by atoms with van der Waals surface area (Å²) in [4.78, 5) is 14.1. The highest BCUT2D eigenvalue weighted by atomic mass is 19.4. The van der Waals surface area contributed by atoms with Crippen molar-refractivity contribution in [3.8, 4) is 0 Å². The van der Waals surface area contributed by atoms with Crippen molar-refractivity contribution >= 4 is 11.6 Å². The molecule has 3 aromatic carbocycles. The quantitative estimate of drug-likeness (QED) is 0.664. The van der Waals surface area contributed by atoms with Gasteiger partial charge in [-0.05, 0) is 36.2 Å². The summed E-state index contributed by atoms with van der Waals surface area (Å²) in [6, 6.07) is 19.7. The third-order valence-electron chi connectivity index (χ3n) is 5.22. The van der Waals surface area contributed by atoms with Gasteiger partial charge in [0.15, 0.2) is 5.72 Å². The highest BCUT2D eigenvalue weighted by molar-refractivity contribution is 6.12. The van der Waals surface area contributed by atoms with Crippen molar-refractivity contribution in [2.24, 2.45) is 0 Å². The number of aliphatic hydroxyl groups is 1. The van der Waals surface area contributed by atoms with Gasteiger partial charge in [-0.3, -0.25) is 9.69 Å². The number of nitrogens with zero attached hydrogens (tertiary/aromatic N) is 1. The SMILES string of the molecule is Cc1cccc(N2C(=O)c3ccccc3C2(O)C(c2ccccc2)C(F)(F)F)c1. The van der Waals surface area contributed by atoms with Gasteiger partial charge in [0.25, 0.3) is 5.91 Å². The zero-order valence-corrected chi connectivity index (χ0v) is 15.5. The fourth-order valence-corrected chi connectivity index (χ4v) is 4.05. The van der Waals surface area contributed by atoms with Gasteiger partial charge in [0.1, 0.15) is 5.92 Å². The van der Waals surface area contributed by atoms with Crippen LogP contribution in [-0.4, -0.2) is 17.2 Å². The number of fused-ring (bicyclic) bond motifs is 1. The highest BCUT2D eigenvalue weighted by Crippen LogP contribution is 2.54. The number of hydrogen-bond donors (Lipinski definition) is 1. The molecule has 29 heavy (non-hydrogen) atoms. The molecule has 0 saturated carbocycles. The van der Waals surface area contributed by atoms with Crippen LogP contribution in [0.1, 0.15) is 33.0 Å². The molecule has 4 rings (SSSR count). The van der Waals surface area contributed by atoms with E-state index in [1.807, 2.05) is 0 Å². The number of aryl methyl sites for hydroxylation is 1. The predicted molar refractivity (Wildman–Crippen MR) is 104 cm³/mol. The van der Waals surface area contributed by atoms with Crippen LogP contribution in [-0.2, 0) is 5.72 Å². The van der Waals surface area contributed by atoms with Crippen LogP contribution in [0.3, 0.4) is 0 Å². The van der Waals surface area contributed by atoms with E-state index in [4.69, 9.17) is 0 Å². The van der Waals surface area contributed by atoms with Gasteiger partial charge in [-0.2, -0.15) is 13.2 Å². The van der Waals surface area contributed by atoms with Crippen molar-refractivity contribution in [3.63, 3.8) is 0 Å². The largest absolute Gasteiger partial charge is 0.400 e. The molecule has 0 saturated heterocycles. The highest BCUT2D eigenvalue weighted by Gasteiger charge is 2.63. The minimum absolute atomic E-state index is 0.0571. The van der Waals surface area contributed by atoms with E-state index in [0.717, 1.165) is 10.5 Å². The Bertz CT molecular complexity index is 1060. The molecule has 148 valence electrons. The molecule has 1 aliphatic heterocycles. The molecule has 0 spiro atoms. The average molecular weight is 397 g/mol. The number of carbonyl (C=O) groups excluding carboxylic acids is 1. The van der Waals surface area contributed by atoms with Crippen molar-refractivity contribution in [1.29, 1.82) is 0 Å². The molecule has 1 amide bonds. The van der Waals surface area contributed by atoms with Crippen LogP contribution >= 0.6 is 0 Å². The molecular formula is C23H18F3NO2. The fourth-order valence-electron chi connectivity index (χ4n) is 4.05. The summed E-state index contributed by atoms with van der Waals surface area (Å²) < 4.78 is 43.2. The van der Waals surface area contributed by atoms with Crippen molar-refractivity contribution in [3.05, 3.63) is 101 Å². The molecule has 0 aliphatic carbocycles. The van der Waals surface area contributed by atoms with Gasteiger partial charge in [0, 0.05) is 16.8 Å². The topological polar surface area (TPSA) is 40.5 Å². The Morgan fingerprint density at radius 2 is 1.59 bits per heavy atom. The lowest BCUT2D eigenvalue weighted by molar-refractivity contribution is -0.197. The minimum Gasteiger partial charge on any atom is -0.366 e. The molecule has 3 nitrogen and oxygen atoms in total. The number of hydrogen-bond acceptors (Lipinski definition) is 2. The van der Waals surface area contributed by atoms with E-state index in [1.54, 1.807) is 37.3 Å². The summed E-state index contributed by atoms with van der Waals surface area (Å²) in [7, 11) is 0. The average Bonchev–Trinajstić information content (AvgIpc) is 2.89. The number of halogens is 3. The molecule has 1 N–H and O–H groups in total. The van der Waals surface area contributed by atoms with Gasteiger partial charge in [0.05, 0.1) is 0 Å². The first-order valence-corrected chi connectivity index (χ1v) is 9.09. The number of benzene rings is 3. The second-order valence-electron chi connectivity index (χ2n) is 7.14. The monoisotopic (exact) mass is 397 g/mol. The summed E-state index contributed by atoms with van der Waals surface area (Å²) >= 11 is 0. The van der Waals surface area contributed by atoms with Crippen LogP contribution < -0.4 is 4.90 Å². The second kappa shape index (κ2) is 6.74. The normalized spacial score (nSPS) is 19.9. The van der Waals surface area contributed by atoms with Crippen molar-refractivity contribution in [2.75, 3.05) is 4.90 Å². The molecule has 0 bridgehead atoms. The molecule has 6 heteroatoms. The smallest absolute Gasteiger partial charge is 0.366 e. The first kappa shape index (κ1) is 19.2. The van der Waals surface area contributed by atoms with Gasteiger partial charge in [-0.15, -0.1) is 0 Å². The zero-order chi connectivity index (χ0) is 20.8. The Labute approximate surface area is 166 Å². The lowest BCUT2D eigenvalue weighted by atomic mass is 9.82. The minimum atomic E-state index is -4.81. The Morgan fingerprint density at radius 3 is 2.24 bits per heavy atom. The molecule has 1 heterocycles. The van der Waals surface area contributed by atoms with Crippen LogP contribution in [0.4, 0.5) is 18.9 Å². The van der Waals surface area contributed by atoms with E-state index < -0.39 is 23.7 Å². The maximum atomic E-state index is 14.4. The number of alkyl halides is 3. The predicted octanol–water partition coefficient (Wildman–Crippen LogP) is 5.15. The summed E-state index contributed by atoms with van der Waals surface area (Å²) in [5.41, 5.74) is -1.78. The Hall–Kier alpha value is -3.12. The van der Waals surface area contributed by atoms with Crippen LogP contribution in [0, 0.1) is 6.92 Å². The molecule has 3 aromatic rings. The van der Waals surface area contributed by atoms with Gasteiger partial charge < -0.3 is 5.11 Å². The Morgan fingerprint density at radius 1 is 0.931 bits per heavy atom. The molecule has 1 aliphatic rings. The standard InChI is InChI=1S/C23H18F3NO2/c1-15-8-7-11-17(14-15)27-21(28)18-12-5-6-13-19(18)22(27,29)20(23(24,25)26)16-9-3-2-4-10-16/h2-14,20,29H,1H3.